The second kappa shape index (κ2) is 40.1. The lowest BCUT2D eigenvalue weighted by atomic mass is 10.1. The number of carbonyl (C=O) groups excluding carboxylic acids is 2. The van der Waals surface area contributed by atoms with Crippen LogP contribution in [0.25, 0.3) is 0 Å². The Kier molecular flexibility index (Phi) is 37.9. The maximum Gasteiger partial charge on any atom is 0.472 e. The number of phosphoric ester groups is 1. The van der Waals surface area contributed by atoms with Crippen molar-refractivity contribution in [3.8, 4) is 0 Å². The molecule has 11 heteroatoms. The molecule has 0 radical (unpaired) electrons. The Balaban J connectivity index is 4.41. The molecular formula is C45H74NO9P. The third-order valence-electron chi connectivity index (χ3n) is 8.11. The Labute approximate surface area is 339 Å². The molecule has 56 heavy (non-hydrogen) atoms. The minimum atomic E-state index is -4.42. The van der Waals surface area contributed by atoms with Crippen LogP contribution >= 0.6 is 7.82 Å². The van der Waals surface area contributed by atoms with Crippen molar-refractivity contribution in [1.29, 1.82) is 0 Å². The molecular weight excluding hydrogens is 729 g/mol. The summed E-state index contributed by atoms with van der Waals surface area (Å²) in [5.41, 5.74) is 5.33. The quantitative estimate of drug-likeness (QED) is 0.0182. The van der Waals surface area contributed by atoms with Gasteiger partial charge in [-0.15, -0.1) is 0 Å². The van der Waals surface area contributed by atoms with Crippen molar-refractivity contribution in [3.05, 3.63) is 97.2 Å². The van der Waals surface area contributed by atoms with Crippen molar-refractivity contribution >= 4 is 19.8 Å². The highest BCUT2D eigenvalue weighted by Gasteiger charge is 2.25. The summed E-state index contributed by atoms with van der Waals surface area (Å²) < 4.78 is 32.6. The minimum Gasteiger partial charge on any atom is -0.462 e. The van der Waals surface area contributed by atoms with E-state index < -0.39 is 32.5 Å². The van der Waals surface area contributed by atoms with Crippen molar-refractivity contribution < 1.29 is 42.7 Å². The van der Waals surface area contributed by atoms with Crippen LogP contribution in [0.3, 0.4) is 0 Å². The molecule has 3 atom stereocenters. The molecule has 0 spiro atoms. The van der Waals surface area contributed by atoms with Gasteiger partial charge in [0.25, 0.3) is 0 Å². The topological polar surface area (TPSA) is 155 Å². The number of phosphoric acid groups is 1. The van der Waals surface area contributed by atoms with E-state index in [1.54, 1.807) is 6.08 Å². The van der Waals surface area contributed by atoms with E-state index >= 15 is 0 Å². The number of aliphatic hydroxyl groups excluding tert-OH is 1. The Morgan fingerprint density at radius 3 is 1.68 bits per heavy atom. The molecule has 0 saturated carbocycles. The molecule has 1 unspecified atom stereocenters. The van der Waals surface area contributed by atoms with Gasteiger partial charge in [-0.25, -0.2) is 4.57 Å². The standard InChI is InChI=1S/C45H74NO9P/c1-3-5-6-7-8-9-10-11-12-13-14-18-21-24-27-30-33-36-44(48)52-40-43(41-54-56(50,51)53-39-38-46)55-45(49)37-34-31-28-25-22-19-16-15-17-20-23-26-29-32-35-42(47)4-2/h11-12,14,16-20,24-29,32,35,42-43,47H,3-10,13,15,21-23,30-31,33-34,36-41,46H2,1-2H3,(H,50,51)/b12-11-,18-14-,19-16-,20-17-,27-24-,28-25-,29-26-,35-32+/t42-,43-/m1/s1. The highest BCUT2D eigenvalue weighted by Crippen LogP contribution is 2.43. The summed E-state index contributed by atoms with van der Waals surface area (Å²) >= 11 is 0. The fraction of sp³-hybridized carbons (Fsp3) is 0.600. The maximum atomic E-state index is 12.5. The zero-order chi connectivity index (χ0) is 41.2. The number of aliphatic hydroxyl groups is 1. The van der Waals surface area contributed by atoms with Gasteiger partial charge in [-0.1, -0.05) is 143 Å². The SMILES string of the molecule is CCCCCCCC/C=C\C/C=C\C/C=C\CCCC(=O)OC[C@H](COP(=O)(O)OCCN)OC(=O)CCC/C=C\C/C=C\C/C=C\C/C=C\C=C\[C@H](O)CC. The molecule has 318 valence electrons. The molecule has 10 nitrogen and oxygen atoms in total. The summed E-state index contributed by atoms with van der Waals surface area (Å²) in [5, 5.41) is 9.47. The monoisotopic (exact) mass is 804 g/mol. The largest absolute Gasteiger partial charge is 0.472 e. The molecule has 4 N–H and O–H groups in total. The number of hydrogen-bond donors (Lipinski definition) is 3. The van der Waals surface area contributed by atoms with E-state index in [-0.39, 0.29) is 38.7 Å². The number of carbonyl (C=O) groups is 2. The molecule has 0 fully saturated rings. The summed E-state index contributed by atoms with van der Waals surface area (Å²) in [6.07, 6.45) is 48.3. The molecule has 0 bridgehead atoms. The molecule has 0 aliphatic rings. The number of hydrogen-bond acceptors (Lipinski definition) is 9. The van der Waals surface area contributed by atoms with Gasteiger partial charge in [-0.05, 0) is 77.0 Å². The van der Waals surface area contributed by atoms with Crippen molar-refractivity contribution in [2.75, 3.05) is 26.4 Å². The lowest BCUT2D eigenvalue weighted by Gasteiger charge is -2.19. The summed E-state index contributed by atoms with van der Waals surface area (Å²) in [5.74, 6) is -0.989. The van der Waals surface area contributed by atoms with Gasteiger partial charge in [0.15, 0.2) is 6.10 Å². The molecule has 0 saturated heterocycles. The van der Waals surface area contributed by atoms with Gasteiger partial charge in [0.05, 0.1) is 19.3 Å². The van der Waals surface area contributed by atoms with Gasteiger partial charge >= 0.3 is 19.8 Å². The molecule has 0 aliphatic carbocycles. The zero-order valence-electron chi connectivity index (χ0n) is 34.4. The number of esters is 2. The average molecular weight is 804 g/mol. The Hall–Kier alpha value is -3.11. The second-order valence-corrected chi connectivity index (χ2v) is 14.8. The number of rotatable bonds is 37. The number of nitrogens with two attached hydrogens (primary N) is 1. The van der Waals surface area contributed by atoms with Gasteiger partial charge in [-0.3, -0.25) is 18.6 Å². The average Bonchev–Trinajstić information content (AvgIpc) is 3.18. The highest BCUT2D eigenvalue weighted by atomic mass is 31.2. The number of unbranched alkanes of at least 4 members (excludes halogenated alkanes) is 8. The fourth-order valence-corrected chi connectivity index (χ4v) is 5.64. The van der Waals surface area contributed by atoms with Crippen molar-refractivity contribution in [2.24, 2.45) is 5.73 Å². The van der Waals surface area contributed by atoms with E-state index in [4.69, 9.17) is 24.3 Å². The van der Waals surface area contributed by atoms with Crippen LogP contribution in [0.1, 0.15) is 136 Å². The summed E-state index contributed by atoms with van der Waals surface area (Å²) in [7, 11) is -4.42. The molecule has 0 rings (SSSR count). The van der Waals surface area contributed by atoms with Crippen LogP contribution in [0.5, 0.6) is 0 Å². The van der Waals surface area contributed by atoms with Crippen molar-refractivity contribution in [3.63, 3.8) is 0 Å². The Morgan fingerprint density at radius 1 is 0.625 bits per heavy atom. The van der Waals surface area contributed by atoms with Gasteiger partial charge < -0.3 is 25.2 Å². The van der Waals surface area contributed by atoms with Crippen LogP contribution < -0.4 is 5.73 Å². The first-order chi connectivity index (χ1) is 27.2. The van der Waals surface area contributed by atoms with E-state index in [0.29, 0.717) is 25.7 Å². The normalized spacial score (nSPS) is 14.9. The first-order valence-electron chi connectivity index (χ1n) is 20.8. The summed E-state index contributed by atoms with van der Waals surface area (Å²) in [6.45, 7) is 3.23. The molecule has 0 aromatic carbocycles. The van der Waals surface area contributed by atoms with E-state index in [0.717, 1.165) is 44.9 Å². The van der Waals surface area contributed by atoms with E-state index in [1.165, 1.54) is 38.5 Å². The fourth-order valence-electron chi connectivity index (χ4n) is 4.87. The summed E-state index contributed by atoms with van der Waals surface area (Å²) in [6, 6.07) is 0. The lowest BCUT2D eigenvalue weighted by molar-refractivity contribution is -0.161. The van der Waals surface area contributed by atoms with Crippen LogP contribution in [0.15, 0.2) is 97.2 Å². The second-order valence-electron chi connectivity index (χ2n) is 13.3. The van der Waals surface area contributed by atoms with Crippen LogP contribution in [0, 0.1) is 0 Å². The molecule has 0 aromatic rings. The highest BCUT2D eigenvalue weighted by molar-refractivity contribution is 7.47. The van der Waals surface area contributed by atoms with E-state index in [2.05, 4.69) is 61.6 Å². The predicted octanol–water partition coefficient (Wildman–Crippen LogP) is 10.8. The molecule has 0 heterocycles. The third-order valence-corrected chi connectivity index (χ3v) is 9.10. The predicted molar refractivity (Wildman–Crippen MR) is 230 cm³/mol. The van der Waals surface area contributed by atoms with Crippen LogP contribution in [-0.2, 0) is 32.7 Å². The molecule has 0 aromatic heterocycles. The van der Waals surface area contributed by atoms with Gasteiger partial charge in [-0.2, -0.15) is 0 Å². The number of allylic oxidation sites excluding steroid dienone is 15. The van der Waals surface area contributed by atoms with Gasteiger partial charge in [0, 0.05) is 19.4 Å². The Morgan fingerprint density at radius 2 is 1.12 bits per heavy atom. The summed E-state index contributed by atoms with van der Waals surface area (Å²) in [4.78, 5) is 34.8. The van der Waals surface area contributed by atoms with Crippen LogP contribution in [0.2, 0.25) is 0 Å². The lowest BCUT2D eigenvalue weighted by Crippen LogP contribution is -2.29. The molecule has 0 amide bonds. The molecule has 0 aliphatic heterocycles. The van der Waals surface area contributed by atoms with E-state index in [1.807, 2.05) is 43.4 Å². The maximum absolute atomic E-state index is 12.5. The van der Waals surface area contributed by atoms with Crippen molar-refractivity contribution in [1.82, 2.24) is 0 Å². The zero-order valence-corrected chi connectivity index (χ0v) is 35.3. The Bertz CT molecular complexity index is 1250. The van der Waals surface area contributed by atoms with Crippen LogP contribution in [-0.4, -0.2) is 60.5 Å². The third kappa shape index (κ3) is 39.1. The number of ether oxygens (including phenoxy) is 2. The van der Waals surface area contributed by atoms with Crippen LogP contribution in [0.4, 0.5) is 0 Å². The van der Waals surface area contributed by atoms with Crippen molar-refractivity contribution in [2.45, 2.75) is 148 Å². The minimum absolute atomic E-state index is 0.0264. The smallest absolute Gasteiger partial charge is 0.462 e. The first kappa shape index (κ1) is 52.9. The van der Waals surface area contributed by atoms with E-state index in [9.17, 15) is 24.2 Å². The first-order valence-corrected chi connectivity index (χ1v) is 22.3. The van der Waals surface area contributed by atoms with Gasteiger partial charge in [0.2, 0.25) is 0 Å². The van der Waals surface area contributed by atoms with Gasteiger partial charge in [0.1, 0.15) is 6.61 Å².